The fourth-order valence-electron chi connectivity index (χ4n) is 2.62. The molecule has 1 atom stereocenters. The molecule has 0 bridgehead atoms. The van der Waals surface area contributed by atoms with Crippen LogP contribution < -0.4 is 9.44 Å². The van der Waals surface area contributed by atoms with Crippen LogP contribution in [0.1, 0.15) is 19.3 Å². The average molecular weight is 359 g/mol. The van der Waals surface area contributed by atoms with Crippen LogP contribution in [-0.2, 0) is 20.0 Å². The van der Waals surface area contributed by atoms with E-state index >= 15 is 0 Å². The highest BCUT2D eigenvalue weighted by molar-refractivity contribution is 7.90. The van der Waals surface area contributed by atoms with Gasteiger partial charge in [0.05, 0.1) is 9.79 Å². The molecule has 1 aliphatic heterocycles. The first kappa shape index (κ1) is 16.8. The predicted octanol–water partition coefficient (Wildman–Crippen LogP) is 0.110. The first-order valence-electron chi connectivity index (χ1n) is 7.59. The van der Waals surface area contributed by atoms with Crippen molar-refractivity contribution in [1.29, 1.82) is 0 Å². The van der Waals surface area contributed by atoms with Gasteiger partial charge in [0.25, 0.3) is 0 Å². The summed E-state index contributed by atoms with van der Waals surface area (Å²) in [6.45, 7) is 1.49. The number of nitrogens with zero attached hydrogens (tertiary/aromatic N) is 1. The summed E-state index contributed by atoms with van der Waals surface area (Å²) < 4.78 is 54.6. The topological polar surface area (TPSA) is 95.6 Å². The number of hydrogen-bond donors (Lipinski definition) is 2. The van der Waals surface area contributed by atoms with Gasteiger partial charge in [-0.15, -0.1) is 0 Å². The van der Waals surface area contributed by atoms with E-state index in [0.717, 1.165) is 25.8 Å². The molecular formula is C14H21N3O4S2. The molecule has 1 saturated heterocycles. The number of likely N-dealkylation sites (tertiary alicyclic amines) is 1. The van der Waals surface area contributed by atoms with Crippen LogP contribution in [-0.4, -0.2) is 54.0 Å². The van der Waals surface area contributed by atoms with Crippen molar-refractivity contribution >= 4 is 20.0 Å². The lowest BCUT2D eigenvalue weighted by atomic mass is 10.3. The molecule has 1 aromatic carbocycles. The highest BCUT2D eigenvalue weighted by atomic mass is 32.2. The summed E-state index contributed by atoms with van der Waals surface area (Å²) in [6.07, 6.45) is 2.40. The molecule has 23 heavy (non-hydrogen) atoms. The molecule has 9 heteroatoms. The van der Waals surface area contributed by atoms with Gasteiger partial charge >= 0.3 is 0 Å². The van der Waals surface area contributed by atoms with Crippen LogP contribution in [0.15, 0.2) is 34.1 Å². The first-order chi connectivity index (χ1) is 10.8. The molecule has 7 nitrogen and oxygen atoms in total. The lowest BCUT2D eigenvalue weighted by Crippen LogP contribution is -2.36. The average Bonchev–Trinajstić information content (AvgIpc) is 3.19. The Morgan fingerprint density at radius 1 is 0.957 bits per heavy atom. The SMILES string of the molecule is CN1CCC(NS(=O)(=O)c2cccc(S(=O)(=O)NC3CC3)c2)C1. The third-order valence-electron chi connectivity index (χ3n) is 4.04. The molecule has 0 spiro atoms. The number of benzene rings is 1. The second-order valence-electron chi connectivity index (χ2n) is 6.24. The van der Waals surface area contributed by atoms with E-state index in [1.54, 1.807) is 0 Å². The highest BCUT2D eigenvalue weighted by Crippen LogP contribution is 2.23. The fourth-order valence-corrected chi connectivity index (χ4v) is 5.35. The molecule has 0 aromatic heterocycles. The van der Waals surface area contributed by atoms with Gasteiger partial charge in [0.2, 0.25) is 20.0 Å². The molecule has 1 unspecified atom stereocenters. The van der Waals surface area contributed by atoms with Gasteiger partial charge in [-0.1, -0.05) is 6.07 Å². The van der Waals surface area contributed by atoms with Crippen molar-refractivity contribution in [1.82, 2.24) is 14.3 Å². The maximum absolute atomic E-state index is 12.5. The number of likely N-dealkylation sites (N-methyl/N-ethyl adjacent to an activating group) is 1. The molecule has 0 radical (unpaired) electrons. The molecule has 2 N–H and O–H groups in total. The lowest BCUT2D eigenvalue weighted by molar-refractivity contribution is 0.407. The maximum Gasteiger partial charge on any atom is 0.240 e. The monoisotopic (exact) mass is 359 g/mol. The third-order valence-corrected chi connectivity index (χ3v) is 7.07. The highest BCUT2D eigenvalue weighted by Gasteiger charge is 2.29. The summed E-state index contributed by atoms with van der Waals surface area (Å²) in [6, 6.07) is 5.33. The Bertz CT molecular complexity index is 788. The minimum atomic E-state index is -3.73. The van der Waals surface area contributed by atoms with Crippen molar-refractivity contribution < 1.29 is 16.8 Å². The number of nitrogens with one attached hydrogen (secondary N) is 2. The summed E-state index contributed by atoms with van der Waals surface area (Å²) >= 11 is 0. The molecule has 128 valence electrons. The molecule has 1 heterocycles. The van der Waals surface area contributed by atoms with E-state index in [0.29, 0.717) is 6.54 Å². The minimum absolute atomic E-state index is 0.0178. The van der Waals surface area contributed by atoms with Crippen molar-refractivity contribution in [2.75, 3.05) is 20.1 Å². The van der Waals surface area contributed by atoms with Crippen molar-refractivity contribution in [2.45, 2.75) is 41.1 Å². The summed E-state index contributed by atoms with van der Waals surface area (Å²) in [4.78, 5) is 2.01. The van der Waals surface area contributed by atoms with Crippen LogP contribution in [0, 0.1) is 0 Å². The predicted molar refractivity (Wildman–Crippen MR) is 86.0 cm³/mol. The Hall–Kier alpha value is -1.00. The van der Waals surface area contributed by atoms with E-state index in [4.69, 9.17) is 0 Å². The zero-order valence-electron chi connectivity index (χ0n) is 12.9. The Labute approximate surface area is 137 Å². The molecule has 2 fully saturated rings. The molecule has 1 aliphatic carbocycles. The lowest BCUT2D eigenvalue weighted by Gasteiger charge is -2.14. The van der Waals surface area contributed by atoms with Crippen LogP contribution in [0.3, 0.4) is 0 Å². The number of rotatable bonds is 6. The van der Waals surface area contributed by atoms with Gasteiger partial charge in [-0.3, -0.25) is 0 Å². The van der Waals surface area contributed by atoms with Gasteiger partial charge in [-0.05, 0) is 51.1 Å². The summed E-state index contributed by atoms with van der Waals surface area (Å²) in [5.74, 6) is 0. The second kappa shape index (κ2) is 6.14. The molecule has 0 amide bonds. The van der Waals surface area contributed by atoms with Crippen molar-refractivity contribution in [2.24, 2.45) is 0 Å². The second-order valence-corrected chi connectivity index (χ2v) is 9.67. The molecule has 1 aromatic rings. The Balaban J connectivity index is 1.80. The van der Waals surface area contributed by atoms with Gasteiger partial charge in [0.15, 0.2) is 0 Å². The zero-order valence-corrected chi connectivity index (χ0v) is 14.5. The zero-order chi connectivity index (χ0) is 16.7. The van der Waals surface area contributed by atoms with E-state index in [1.165, 1.54) is 24.3 Å². The van der Waals surface area contributed by atoms with Gasteiger partial charge in [0, 0.05) is 18.6 Å². The van der Waals surface area contributed by atoms with Crippen LogP contribution in [0.5, 0.6) is 0 Å². The van der Waals surface area contributed by atoms with Gasteiger partial charge < -0.3 is 4.90 Å². The number of sulfonamides is 2. The quantitative estimate of drug-likeness (QED) is 0.752. The number of hydrogen-bond acceptors (Lipinski definition) is 5. The Kier molecular flexibility index (Phi) is 4.49. The largest absolute Gasteiger partial charge is 0.305 e. The molecule has 3 rings (SSSR count). The smallest absolute Gasteiger partial charge is 0.240 e. The molecule has 1 saturated carbocycles. The van der Waals surface area contributed by atoms with Crippen molar-refractivity contribution in [3.63, 3.8) is 0 Å². The molecular weight excluding hydrogens is 338 g/mol. The summed E-state index contributed by atoms with van der Waals surface area (Å²) in [5, 5.41) is 0. The Morgan fingerprint density at radius 3 is 2.00 bits per heavy atom. The third kappa shape index (κ3) is 4.10. The Morgan fingerprint density at radius 2 is 1.52 bits per heavy atom. The van der Waals surface area contributed by atoms with Gasteiger partial charge in [-0.2, -0.15) is 0 Å². The minimum Gasteiger partial charge on any atom is -0.305 e. The van der Waals surface area contributed by atoms with Crippen molar-refractivity contribution in [3.05, 3.63) is 24.3 Å². The van der Waals surface area contributed by atoms with E-state index in [2.05, 4.69) is 9.44 Å². The summed E-state index contributed by atoms with van der Waals surface area (Å²) in [5.41, 5.74) is 0. The van der Waals surface area contributed by atoms with E-state index in [-0.39, 0.29) is 21.9 Å². The van der Waals surface area contributed by atoms with Crippen LogP contribution >= 0.6 is 0 Å². The van der Waals surface area contributed by atoms with Crippen LogP contribution in [0.2, 0.25) is 0 Å². The van der Waals surface area contributed by atoms with Crippen LogP contribution in [0.25, 0.3) is 0 Å². The molecule has 2 aliphatic rings. The van der Waals surface area contributed by atoms with Gasteiger partial charge in [-0.25, -0.2) is 26.3 Å². The van der Waals surface area contributed by atoms with E-state index in [9.17, 15) is 16.8 Å². The van der Waals surface area contributed by atoms with E-state index in [1.807, 2.05) is 11.9 Å². The van der Waals surface area contributed by atoms with Crippen LogP contribution in [0.4, 0.5) is 0 Å². The summed E-state index contributed by atoms with van der Waals surface area (Å²) in [7, 11) is -5.46. The van der Waals surface area contributed by atoms with Crippen molar-refractivity contribution in [3.8, 4) is 0 Å². The van der Waals surface area contributed by atoms with Gasteiger partial charge in [0.1, 0.15) is 0 Å². The van der Waals surface area contributed by atoms with E-state index < -0.39 is 20.0 Å². The first-order valence-corrected chi connectivity index (χ1v) is 10.6. The standard InChI is InChI=1S/C14H21N3O4S2/c1-17-8-7-12(10-17)16-23(20,21)14-4-2-3-13(9-14)22(18,19)15-11-5-6-11/h2-4,9,11-12,15-16H,5-8,10H2,1H3. The normalized spacial score (nSPS) is 23.3. The maximum atomic E-state index is 12.5. The fraction of sp³-hybridized carbons (Fsp3) is 0.571.